The highest BCUT2D eigenvalue weighted by atomic mass is 32.2. The molecule has 0 aliphatic carbocycles. The molecular formula is C18H16FN3O2S. The lowest BCUT2D eigenvalue weighted by Crippen LogP contribution is -2.30. The molecule has 1 amide bonds. The molecule has 0 saturated heterocycles. The fourth-order valence-corrected chi connectivity index (χ4v) is 2.81. The Balaban J connectivity index is 1.56. The van der Waals surface area contributed by atoms with Crippen molar-refractivity contribution >= 4 is 17.7 Å². The molecule has 1 aromatic heterocycles. The van der Waals surface area contributed by atoms with E-state index >= 15 is 0 Å². The molecule has 0 saturated carbocycles. The second kappa shape index (κ2) is 7.94. The van der Waals surface area contributed by atoms with E-state index in [0.717, 1.165) is 5.56 Å². The number of rotatable bonds is 6. The summed E-state index contributed by atoms with van der Waals surface area (Å²) in [5, 5.41) is 10.6. The first-order valence-electron chi connectivity index (χ1n) is 7.69. The van der Waals surface area contributed by atoms with E-state index in [-0.39, 0.29) is 17.0 Å². The maximum atomic E-state index is 12.9. The maximum Gasteiger partial charge on any atom is 0.277 e. The molecule has 0 aliphatic rings. The number of nitrogens with zero attached hydrogens (tertiary/aromatic N) is 2. The molecule has 5 nitrogen and oxygen atoms in total. The van der Waals surface area contributed by atoms with Gasteiger partial charge in [0.1, 0.15) is 5.82 Å². The summed E-state index contributed by atoms with van der Waals surface area (Å²) in [5.41, 5.74) is 1.66. The Bertz CT molecular complexity index is 837. The highest BCUT2D eigenvalue weighted by molar-refractivity contribution is 8.00. The fourth-order valence-electron chi connectivity index (χ4n) is 2.10. The van der Waals surface area contributed by atoms with Gasteiger partial charge in [0.05, 0.1) is 5.25 Å². The number of benzene rings is 2. The fraction of sp³-hybridized carbons (Fsp3) is 0.167. The van der Waals surface area contributed by atoms with Crippen molar-refractivity contribution in [2.75, 3.05) is 0 Å². The highest BCUT2D eigenvalue weighted by Crippen LogP contribution is 2.26. The van der Waals surface area contributed by atoms with Gasteiger partial charge in [-0.2, -0.15) is 0 Å². The van der Waals surface area contributed by atoms with E-state index < -0.39 is 0 Å². The number of nitrogens with one attached hydrogen (secondary N) is 1. The van der Waals surface area contributed by atoms with Gasteiger partial charge in [0, 0.05) is 12.1 Å². The Morgan fingerprint density at radius 3 is 2.60 bits per heavy atom. The summed E-state index contributed by atoms with van der Waals surface area (Å²) in [5.74, 6) is -0.156. The molecule has 25 heavy (non-hydrogen) atoms. The first-order chi connectivity index (χ1) is 12.1. The minimum Gasteiger partial charge on any atom is -0.411 e. The smallest absolute Gasteiger partial charge is 0.277 e. The summed E-state index contributed by atoms with van der Waals surface area (Å²) >= 11 is 1.18. The Labute approximate surface area is 148 Å². The van der Waals surface area contributed by atoms with E-state index in [1.807, 2.05) is 30.3 Å². The molecule has 0 aliphatic heterocycles. The lowest BCUT2D eigenvalue weighted by Gasteiger charge is -2.09. The predicted molar refractivity (Wildman–Crippen MR) is 93.3 cm³/mol. The third-order valence-electron chi connectivity index (χ3n) is 3.45. The molecular weight excluding hydrogens is 341 g/mol. The molecule has 1 heterocycles. The zero-order valence-corrected chi connectivity index (χ0v) is 14.3. The number of hydrogen-bond donors (Lipinski definition) is 1. The van der Waals surface area contributed by atoms with E-state index in [9.17, 15) is 9.18 Å². The minimum absolute atomic E-state index is 0.115. The van der Waals surface area contributed by atoms with Crippen LogP contribution in [0.4, 0.5) is 4.39 Å². The SMILES string of the molecule is C[C@H](Sc1nnc(-c2ccc(F)cc2)o1)C(=O)NCc1ccccc1. The normalized spacial score (nSPS) is 11.9. The van der Waals surface area contributed by atoms with Crippen molar-refractivity contribution in [1.82, 2.24) is 15.5 Å². The van der Waals surface area contributed by atoms with Crippen LogP contribution in [0.5, 0.6) is 0 Å². The van der Waals surface area contributed by atoms with Crippen LogP contribution in [0.3, 0.4) is 0 Å². The lowest BCUT2D eigenvalue weighted by atomic mass is 10.2. The van der Waals surface area contributed by atoms with Gasteiger partial charge in [0.15, 0.2) is 0 Å². The van der Waals surface area contributed by atoms with Crippen molar-refractivity contribution in [3.05, 3.63) is 66.0 Å². The summed E-state index contributed by atoms with van der Waals surface area (Å²) < 4.78 is 18.5. The maximum absolute atomic E-state index is 12.9. The number of carbonyl (C=O) groups excluding carboxylic acids is 1. The van der Waals surface area contributed by atoms with Gasteiger partial charge in [-0.05, 0) is 36.8 Å². The van der Waals surface area contributed by atoms with E-state index in [2.05, 4.69) is 15.5 Å². The number of carbonyl (C=O) groups is 1. The van der Waals surface area contributed by atoms with Gasteiger partial charge < -0.3 is 9.73 Å². The molecule has 3 aromatic rings. The monoisotopic (exact) mass is 357 g/mol. The Kier molecular flexibility index (Phi) is 5.45. The largest absolute Gasteiger partial charge is 0.411 e. The van der Waals surface area contributed by atoms with E-state index in [0.29, 0.717) is 23.2 Å². The molecule has 3 rings (SSSR count). The van der Waals surface area contributed by atoms with Gasteiger partial charge in [0.25, 0.3) is 5.22 Å². The van der Waals surface area contributed by atoms with Crippen LogP contribution in [-0.4, -0.2) is 21.4 Å². The predicted octanol–water partition coefficient (Wildman–Crippen LogP) is 3.67. The van der Waals surface area contributed by atoms with Crippen LogP contribution in [0.15, 0.2) is 64.2 Å². The summed E-state index contributed by atoms with van der Waals surface area (Å²) in [6.07, 6.45) is 0. The number of thioether (sulfide) groups is 1. The quantitative estimate of drug-likeness (QED) is 0.682. The van der Waals surface area contributed by atoms with Crippen LogP contribution in [0.2, 0.25) is 0 Å². The summed E-state index contributed by atoms with van der Waals surface area (Å²) in [7, 11) is 0. The van der Waals surface area contributed by atoms with Crippen LogP contribution in [-0.2, 0) is 11.3 Å². The molecule has 0 bridgehead atoms. The molecule has 128 valence electrons. The molecule has 1 N–H and O–H groups in total. The second-order valence-corrected chi connectivity index (χ2v) is 6.64. The van der Waals surface area contributed by atoms with E-state index in [1.165, 1.54) is 23.9 Å². The van der Waals surface area contributed by atoms with Crippen LogP contribution >= 0.6 is 11.8 Å². The third-order valence-corrected chi connectivity index (χ3v) is 4.39. The zero-order valence-electron chi connectivity index (χ0n) is 13.5. The lowest BCUT2D eigenvalue weighted by molar-refractivity contribution is -0.120. The van der Waals surface area contributed by atoms with Gasteiger partial charge in [-0.1, -0.05) is 42.1 Å². The van der Waals surface area contributed by atoms with Gasteiger partial charge in [-0.25, -0.2) is 4.39 Å². The number of amides is 1. The van der Waals surface area contributed by atoms with E-state index in [1.54, 1.807) is 19.1 Å². The van der Waals surface area contributed by atoms with Crippen molar-refractivity contribution in [1.29, 1.82) is 0 Å². The van der Waals surface area contributed by atoms with Crippen LogP contribution < -0.4 is 5.32 Å². The van der Waals surface area contributed by atoms with Crippen molar-refractivity contribution in [3.63, 3.8) is 0 Å². The van der Waals surface area contributed by atoms with Gasteiger partial charge in [-0.3, -0.25) is 4.79 Å². The average Bonchev–Trinajstić information content (AvgIpc) is 3.09. The van der Waals surface area contributed by atoms with Crippen molar-refractivity contribution in [2.24, 2.45) is 0 Å². The van der Waals surface area contributed by atoms with Gasteiger partial charge in [-0.15, -0.1) is 10.2 Å². The topological polar surface area (TPSA) is 68.0 Å². The molecule has 1 atom stereocenters. The molecule has 0 radical (unpaired) electrons. The zero-order chi connectivity index (χ0) is 17.6. The van der Waals surface area contributed by atoms with Gasteiger partial charge in [0.2, 0.25) is 11.8 Å². The van der Waals surface area contributed by atoms with E-state index in [4.69, 9.17) is 4.42 Å². The van der Waals surface area contributed by atoms with Crippen molar-refractivity contribution in [2.45, 2.75) is 23.9 Å². The minimum atomic E-state index is -0.384. The first-order valence-corrected chi connectivity index (χ1v) is 8.57. The number of hydrogen-bond acceptors (Lipinski definition) is 5. The molecule has 0 fully saturated rings. The number of aromatic nitrogens is 2. The average molecular weight is 357 g/mol. The number of halogens is 1. The second-order valence-electron chi connectivity index (χ2n) is 5.34. The Hall–Kier alpha value is -2.67. The third kappa shape index (κ3) is 4.67. The molecule has 0 unspecified atom stereocenters. The Morgan fingerprint density at radius 1 is 1.16 bits per heavy atom. The Morgan fingerprint density at radius 2 is 1.88 bits per heavy atom. The molecule has 7 heteroatoms. The highest BCUT2D eigenvalue weighted by Gasteiger charge is 2.18. The van der Waals surface area contributed by atoms with Gasteiger partial charge >= 0.3 is 0 Å². The summed E-state index contributed by atoms with van der Waals surface area (Å²) in [4.78, 5) is 12.2. The molecule has 0 spiro atoms. The van der Waals surface area contributed by atoms with Crippen molar-refractivity contribution in [3.8, 4) is 11.5 Å². The summed E-state index contributed by atoms with van der Waals surface area (Å²) in [6, 6.07) is 15.5. The first kappa shape index (κ1) is 17.2. The summed E-state index contributed by atoms with van der Waals surface area (Å²) in [6.45, 7) is 2.24. The van der Waals surface area contributed by atoms with Crippen molar-refractivity contribution < 1.29 is 13.6 Å². The standard InChI is InChI=1S/C18H16FN3O2S/c1-12(16(23)20-11-13-5-3-2-4-6-13)25-18-22-21-17(24-18)14-7-9-15(19)10-8-14/h2-10,12H,11H2,1H3,(H,20,23)/t12-/m0/s1. The molecule has 2 aromatic carbocycles. The van der Waals surface area contributed by atoms with Crippen LogP contribution in [0.25, 0.3) is 11.5 Å². The van der Waals surface area contributed by atoms with Crippen LogP contribution in [0, 0.1) is 5.82 Å². The van der Waals surface area contributed by atoms with Crippen LogP contribution in [0.1, 0.15) is 12.5 Å².